The molecule has 2 aromatic rings. The van der Waals surface area contributed by atoms with Crippen molar-refractivity contribution in [2.24, 2.45) is 0 Å². The van der Waals surface area contributed by atoms with Gasteiger partial charge in [-0.1, -0.05) is 22.0 Å². The highest BCUT2D eigenvalue weighted by molar-refractivity contribution is 9.10. The Morgan fingerprint density at radius 1 is 1.15 bits per heavy atom. The Hall–Kier alpha value is -1.81. The van der Waals surface area contributed by atoms with Crippen LogP contribution in [0.5, 0.6) is 5.75 Å². The van der Waals surface area contributed by atoms with E-state index in [1.54, 1.807) is 25.3 Å². The highest BCUT2D eigenvalue weighted by Gasteiger charge is 2.19. The number of nitrogen functional groups attached to an aromatic ring is 1. The second-order valence-electron chi connectivity index (χ2n) is 4.65. The fourth-order valence-corrected chi connectivity index (χ4v) is 2.46. The van der Waals surface area contributed by atoms with E-state index in [9.17, 15) is 4.79 Å². The number of methoxy groups -OCH3 is 1. The summed E-state index contributed by atoms with van der Waals surface area (Å²) < 4.78 is 6.21. The van der Waals surface area contributed by atoms with Gasteiger partial charge in [-0.2, -0.15) is 0 Å². The van der Waals surface area contributed by atoms with E-state index in [0.29, 0.717) is 22.6 Å². The van der Waals surface area contributed by atoms with Crippen molar-refractivity contribution >= 4 is 27.4 Å². The van der Waals surface area contributed by atoms with Crippen molar-refractivity contribution in [2.45, 2.75) is 13.8 Å². The highest BCUT2D eigenvalue weighted by atomic mass is 79.9. The molecule has 2 aromatic carbocycles. The van der Waals surface area contributed by atoms with Gasteiger partial charge in [-0.25, -0.2) is 0 Å². The number of carbonyl (C=O) groups excluding carboxylic acids is 1. The summed E-state index contributed by atoms with van der Waals surface area (Å²) in [6.07, 6.45) is 0. The molecule has 0 saturated heterocycles. The third-order valence-electron chi connectivity index (χ3n) is 3.39. The van der Waals surface area contributed by atoms with Gasteiger partial charge in [0.25, 0.3) is 0 Å². The number of benzene rings is 2. The third kappa shape index (κ3) is 2.56. The molecule has 0 fully saturated rings. The summed E-state index contributed by atoms with van der Waals surface area (Å²) in [5.41, 5.74) is 9.41. The lowest BCUT2D eigenvalue weighted by molar-refractivity contribution is 0.103. The van der Waals surface area contributed by atoms with Crippen LogP contribution in [0, 0.1) is 13.8 Å². The summed E-state index contributed by atoms with van der Waals surface area (Å²) >= 11 is 3.36. The van der Waals surface area contributed by atoms with Crippen LogP contribution in [0.25, 0.3) is 0 Å². The van der Waals surface area contributed by atoms with Crippen molar-refractivity contribution < 1.29 is 9.53 Å². The number of ketones is 1. The molecule has 0 spiro atoms. The van der Waals surface area contributed by atoms with Crippen LogP contribution in [0.1, 0.15) is 27.0 Å². The molecule has 20 heavy (non-hydrogen) atoms. The largest absolute Gasteiger partial charge is 0.496 e. The lowest BCUT2D eigenvalue weighted by Gasteiger charge is -2.13. The van der Waals surface area contributed by atoms with Crippen molar-refractivity contribution in [3.8, 4) is 5.75 Å². The summed E-state index contributed by atoms with van der Waals surface area (Å²) in [5.74, 6) is 0.470. The van der Waals surface area contributed by atoms with Crippen LogP contribution in [-0.2, 0) is 0 Å². The van der Waals surface area contributed by atoms with Crippen molar-refractivity contribution in [3.05, 3.63) is 57.1 Å². The van der Waals surface area contributed by atoms with Crippen LogP contribution in [-0.4, -0.2) is 12.9 Å². The van der Waals surface area contributed by atoms with E-state index < -0.39 is 0 Å². The van der Waals surface area contributed by atoms with Crippen molar-refractivity contribution in [1.82, 2.24) is 0 Å². The maximum atomic E-state index is 12.7. The van der Waals surface area contributed by atoms with Crippen LogP contribution >= 0.6 is 15.9 Å². The fourth-order valence-electron chi connectivity index (χ4n) is 2.10. The number of aryl methyl sites for hydroxylation is 1. The monoisotopic (exact) mass is 333 g/mol. The Morgan fingerprint density at radius 3 is 2.50 bits per heavy atom. The average molecular weight is 334 g/mol. The van der Waals surface area contributed by atoms with Gasteiger partial charge in [-0.15, -0.1) is 0 Å². The van der Waals surface area contributed by atoms with Crippen LogP contribution in [0.3, 0.4) is 0 Å². The molecule has 3 nitrogen and oxygen atoms in total. The summed E-state index contributed by atoms with van der Waals surface area (Å²) in [6, 6.07) is 8.95. The molecular weight excluding hydrogens is 318 g/mol. The van der Waals surface area contributed by atoms with Crippen molar-refractivity contribution in [1.29, 1.82) is 0 Å². The quantitative estimate of drug-likeness (QED) is 0.684. The molecule has 104 valence electrons. The average Bonchev–Trinajstić information content (AvgIpc) is 2.43. The number of ether oxygens (including phenoxy) is 1. The summed E-state index contributed by atoms with van der Waals surface area (Å²) in [6.45, 7) is 3.93. The minimum atomic E-state index is -0.135. The van der Waals surface area contributed by atoms with E-state index in [2.05, 4.69) is 15.9 Å². The normalized spacial score (nSPS) is 10.4. The molecular formula is C16H16BrNO2. The van der Waals surface area contributed by atoms with Gasteiger partial charge < -0.3 is 10.5 Å². The lowest BCUT2D eigenvalue weighted by Crippen LogP contribution is -2.08. The number of hydrogen-bond acceptors (Lipinski definition) is 3. The van der Waals surface area contributed by atoms with E-state index in [0.717, 1.165) is 15.6 Å². The zero-order valence-corrected chi connectivity index (χ0v) is 13.2. The van der Waals surface area contributed by atoms with Crippen molar-refractivity contribution in [3.63, 3.8) is 0 Å². The minimum Gasteiger partial charge on any atom is -0.496 e. The maximum Gasteiger partial charge on any atom is 0.198 e. The standard InChI is InChI=1S/C16H16BrNO2/c1-9-4-6-12(16(20-3)10(9)2)15(19)13-8-11(17)5-7-14(13)18/h4-8H,18H2,1-3H3. The molecule has 2 rings (SSSR count). The molecule has 0 atom stereocenters. The van der Waals surface area contributed by atoms with E-state index in [4.69, 9.17) is 10.5 Å². The first kappa shape index (κ1) is 14.6. The van der Waals surface area contributed by atoms with Crippen molar-refractivity contribution in [2.75, 3.05) is 12.8 Å². The van der Waals surface area contributed by atoms with Gasteiger partial charge in [0.15, 0.2) is 5.78 Å². The first-order chi connectivity index (χ1) is 9.45. The Kier molecular flexibility index (Phi) is 4.14. The second-order valence-corrected chi connectivity index (χ2v) is 5.56. The molecule has 2 N–H and O–H groups in total. The molecule has 0 aromatic heterocycles. The topological polar surface area (TPSA) is 52.3 Å². The van der Waals surface area contributed by atoms with Crippen LogP contribution in [0.4, 0.5) is 5.69 Å². The zero-order valence-electron chi connectivity index (χ0n) is 11.7. The molecule has 0 saturated carbocycles. The molecule has 4 heteroatoms. The molecule has 0 amide bonds. The molecule has 0 aliphatic carbocycles. The summed E-state index contributed by atoms with van der Waals surface area (Å²) in [7, 11) is 1.57. The first-order valence-corrected chi connectivity index (χ1v) is 6.99. The Labute approximate surface area is 126 Å². The molecule has 0 heterocycles. The number of rotatable bonds is 3. The SMILES string of the molecule is COc1c(C(=O)c2cc(Br)ccc2N)ccc(C)c1C. The van der Waals surface area contributed by atoms with E-state index in [1.165, 1.54) is 0 Å². The van der Waals surface area contributed by atoms with Gasteiger partial charge in [-0.05, 0) is 49.2 Å². The Morgan fingerprint density at radius 2 is 1.85 bits per heavy atom. The second kappa shape index (κ2) is 5.67. The first-order valence-electron chi connectivity index (χ1n) is 6.19. The molecule has 0 aliphatic rings. The lowest BCUT2D eigenvalue weighted by atomic mass is 9.97. The van der Waals surface area contributed by atoms with Gasteiger partial charge in [0.2, 0.25) is 0 Å². The van der Waals surface area contributed by atoms with Crippen LogP contribution < -0.4 is 10.5 Å². The number of hydrogen-bond donors (Lipinski definition) is 1. The minimum absolute atomic E-state index is 0.135. The highest BCUT2D eigenvalue weighted by Crippen LogP contribution is 2.30. The Bertz CT molecular complexity index is 680. The molecule has 0 unspecified atom stereocenters. The van der Waals surface area contributed by atoms with Crippen LogP contribution in [0.15, 0.2) is 34.8 Å². The molecule has 0 radical (unpaired) electrons. The van der Waals surface area contributed by atoms with E-state index in [1.807, 2.05) is 26.0 Å². The van der Waals surface area contributed by atoms with Gasteiger partial charge in [-0.3, -0.25) is 4.79 Å². The number of nitrogens with two attached hydrogens (primary N) is 1. The summed E-state index contributed by atoms with van der Waals surface area (Å²) in [4.78, 5) is 12.7. The van der Waals surface area contributed by atoms with Gasteiger partial charge in [0, 0.05) is 15.7 Å². The predicted octanol–water partition coefficient (Wildman–Crippen LogP) is 3.89. The number of anilines is 1. The van der Waals surface area contributed by atoms with Gasteiger partial charge >= 0.3 is 0 Å². The smallest absolute Gasteiger partial charge is 0.198 e. The Balaban J connectivity index is 2.59. The van der Waals surface area contributed by atoms with E-state index in [-0.39, 0.29) is 5.78 Å². The number of halogens is 1. The predicted molar refractivity (Wildman–Crippen MR) is 84.5 cm³/mol. The maximum absolute atomic E-state index is 12.7. The summed E-state index contributed by atoms with van der Waals surface area (Å²) in [5, 5.41) is 0. The van der Waals surface area contributed by atoms with Gasteiger partial charge in [0.05, 0.1) is 12.7 Å². The molecule has 0 bridgehead atoms. The fraction of sp³-hybridized carbons (Fsp3) is 0.188. The van der Waals surface area contributed by atoms with Crippen LogP contribution in [0.2, 0.25) is 0 Å². The zero-order chi connectivity index (χ0) is 14.9. The number of carbonyl (C=O) groups is 1. The van der Waals surface area contributed by atoms with E-state index >= 15 is 0 Å². The van der Waals surface area contributed by atoms with Gasteiger partial charge in [0.1, 0.15) is 5.75 Å². The molecule has 0 aliphatic heterocycles. The third-order valence-corrected chi connectivity index (χ3v) is 3.88.